The van der Waals surface area contributed by atoms with Gasteiger partial charge in [0.25, 0.3) is 0 Å². The van der Waals surface area contributed by atoms with E-state index < -0.39 is 22.8 Å². The topological polar surface area (TPSA) is 130 Å². The van der Waals surface area contributed by atoms with Crippen LogP contribution in [0.25, 0.3) is 33.4 Å². The minimum atomic E-state index is -0.986. The van der Waals surface area contributed by atoms with Gasteiger partial charge in [0.05, 0.1) is 24.6 Å². The van der Waals surface area contributed by atoms with Crippen LogP contribution < -0.4 is 26.4 Å². The lowest BCUT2D eigenvalue weighted by Crippen LogP contribution is -2.13. The number of halogens is 2. The summed E-state index contributed by atoms with van der Waals surface area (Å²) in [6.07, 6.45) is 0. The van der Waals surface area contributed by atoms with Crippen molar-refractivity contribution in [3.05, 3.63) is 88.6 Å². The highest BCUT2D eigenvalue weighted by molar-refractivity contribution is 6.02. The van der Waals surface area contributed by atoms with Gasteiger partial charge in [-0.05, 0) is 42.0 Å². The lowest BCUT2D eigenvalue weighted by Gasteiger charge is -2.17. The highest BCUT2D eigenvalue weighted by atomic mass is 19.1. The number of phenols is 1. The highest BCUT2D eigenvalue weighted by Crippen LogP contribution is 2.43. The van der Waals surface area contributed by atoms with Crippen LogP contribution in [0.15, 0.2) is 75.9 Å². The quantitative estimate of drug-likeness (QED) is 0.134. The number of para-hydroxylation sites is 2. The molecule has 0 spiro atoms. The molecule has 0 radical (unpaired) electrons. The first-order chi connectivity index (χ1) is 18.8. The number of benzene rings is 4. The van der Waals surface area contributed by atoms with E-state index in [2.05, 4.69) is 0 Å². The molecule has 0 bridgehead atoms. The van der Waals surface area contributed by atoms with Crippen molar-refractivity contribution in [3.63, 3.8) is 0 Å². The number of nitrogens with two attached hydrogens (primary N) is 2. The molecule has 0 amide bonds. The van der Waals surface area contributed by atoms with Crippen molar-refractivity contribution in [1.29, 1.82) is 0 Å². The Hall–Kier alpha value is -4.83. The van der Waals surface area contributed by atoms with Gasteiger partial charge in [0.2, 0.25) is 5.43 Å². The Morgan fingerprint density at radius 3 is 2.28 bits per heavy atom. The van der Waals surface area contributed by atoms with Gasteiger partial charge in [-0.3, -0.25) is 4.79 Å². The van der Waals surface area contributed by atoms with Gasteiger partial charge >= 0.3 is 0 Å². The molecule has 3 aromatic carbocycles. The minimum Gasteiger partial charge on any atom is -0.505 e. The summed E-state index contributed by atoms with van der Waals surface area (Å²) < 4.78 is 51.3. The van der Waals surface area contributed by atoms with E-state index in [4.69, 9.17) is 30.1 Å². The van der Waals surface area contributed by atoms with E-state index in [-0.39, 0.29) is 35.5 Å². The molecule has 10 heteroatoms. The fourth-order valence-corrected chi connectivity index (χ4v) is 4.16. The summed E-state index contributed by atoms with van der Waals surface area (Å²) >= 11 is 0. The molecular weight excluding hydrogens is 510 g/mol. The predicted molar refractivity (Wildman–Crippen MR) is 143 cm³/mol. The third-order valence-electron chi connectivity index (χ3n) is 6.03. The van der Waals surface area contributed by atoms with Gasteiger partial charge in [-0.1, -0.05) is 18.2 Å². The number of rotatable bonds is 9. The number of ether oxygens (including phenoxy) is 3. The lowest BCUT2D eigenvalue weighted by atomic mass is 9.93. The summed E-state index contributed by atoms with van der Waals surface area (Å²) in [6.45, 7) is 1.03. The molecular formula is C29H24F2N2O6. The Bertz CT molecular complexity index is 1690. The second-order valence-electron chi connectivity index (χ2n) is 8.66. The molecule has 5 N–H and O–H groups in total. The smallest absolute Gasteiger partial charge is 0.217 e. The van der Waals surface area contributed by atoms with E-state index in [1.807, 2.05) is 12.1 Å². The fraction of sp³-hybridized carbons (Fsp3) is 0.138. The number of hydrogen-bond donors (Lipinski definition) is 3. The molecule has 0 saturated heterocycles. The molecule has 0 aromatic heterocycles. The first kappa shape index (κ1) is 25.8. The third kappa shape index (κ3) is 5.41. The fourth-order valence-electron chi connectivity index (χ4n) is 4.16. The summed E-state index contributed by atoms with van der Waals surface area (Å²) in [5.41, 5.74) is 13.2. The Labute approximate surface area is 221 Å². The number of phenolic OH excluding ortho intramolecular Hbond substituents is 1. The zero-order chi connectivity index (χ0) is 27.5. The maximum absolute atomic E-state index is 14.4. The maximum Gasteiger partial charge on any atom is 0.217 e. The summed E-state index contributed by atoms with van der Waals surface area (Å²) in [5, 5.41) is 10.1. The SMILES string of the molecule is Nc1ccccc1OCCOCCOc1cc(-c2c3cc(F)c(=O)cc-3oc3cc(O)c(F)cc23)ccc1N. The number of hydrogen-bond acceptors (Lipinski definition) is 8. The molecule has 8 nitrogen and oxygen atoms in total. The third-order valence-corrected chi connectivity index (χ3v) is 6.03. The van der Waals surface area contributed by atoms with Crippen molar-refractivity contribution in [1.82, 2.24) is 0 Å². The molecule has 0 atom stereocenters. The van der Waals surface area contributed by atoms with Crippen LogP contribution >= 0.6 is 0 Å². The molecule has 2 aliphatic rings. The van der Waals surface area contributed by atoms with E-state index in [1.165, 1.54) is 0 Å². The van der Waals surface area contributed by atoms with Crippen molar-refractivity contribution in [3.8, 4) is 39.7 Å². The Balaban J connectivity index is 1.36. The lowest BCUT2D eigenvalue weighted by molar-refractivity contribution is 0.0768. The number of nitrogen functional groups attached to an aromatic ring is 2. The molecule has 3 aromatic rings. The highest BCUT2D eigenvalue weighted by Gasteiger charge is 2.21. The molecule has 1 aliphatic heterocycles. The van der Waals surface area contributed by atoms with Crippen LogP contribution in [0, 0.1) is 11.6 Å². The second-order valence-corrected chi connectivity index (χ2v) is 8.66. The molecule has 0 fully saturated rings. The van der Waals surface area contributed by atoms with Crippen molar-refractivity contribution in [2.45, 2.75) is 0 Å². The summed E-state index contributed by atoms with van der Waals surface area (Å²) in [4.78, 5) is 11.9. The van der Waals surface area contributed by atoms with Gasteiger partial charge in [-0.2, -0.15) is 0 Å². The normalized spacial score (nSPS) is 11.2. The minimum absolute atomic E-state index is 0.0714. The van der Waals surface area contributed by atoms with Gasteiger partial charge in [-0.15, -0.1) is 0 Å². The number of aromatic hydroxyl groups is 1. The summed E-state index contributed by atoms with van der Waals surface area (Å²) in [6, 6.07) is 16.3. The van der Waals surface area contributed by atoms with Gasteiger partial charge < -0.3 is 35.2 Å². The van der Waals surface area contributed by atoms with E-state index in [0.717, 1.165) is 24.3 Å². The van der Waals surface area contributed by atoms with E-state index >= 15 is 0 Å². The number of fused-ring (bicyclic) bond motifs is 2. The monoisotopic (exact) mass is 534 g/mol. The van der Waals surface area contributed by atoms with Crippen molar-refractivity contribution < 1.29 is 32.5 Å². The van der Waals surface area contributed by atoms with Crippen molar-refractivity contribution in [2.24, 2.45) is 0 Å². The zero-order valence-electron chi connectivity index (χ0n) is 20.6. The van der Waals surface area contributed by atoms with Gasteiger partial charge in [0, 0.05) is 28.6 Å². The van der Waals surface area contributed by atoms with Crippen LogP contribution in [-0.2, 0) is 4.74 Å². The van der Waals surface area contributed by atoms with Gasteiger partial charge in [0.15, 0.2) is 17.4 Å². The van der Waals surface area contributed by atoms with Crippen molar-refractivity contribution >= 4 is 22.3 Å². The van der Waals surface area contributed by atoms with Gasteiger partial charge in [0.1, 0.15) is 36.1 Å². The Morgan fingerprint density at radius 2 is 1.51 bits per heavy atom. The molecule has 0 unspecified atom stereocenters. The number of anilines is 2. The van der Waals surface area contributed by atoms with Crippen LogP contribution in [0.3, 0.4) is 0 Å². The first-order valence-electron chi connectivity index (χ1n) is 12.0. The molecule has 1 heterocycles. The summed E-state index contributed by atoms with van der Waals surface area (Å²) in [5.74, 6) is -1.52. The van der Waals surface area contributed by atoms with Crippen molar-refractivity contribution in [2.75, 3.05) is 37.9 Å². The zero-order valence-corrected chi connectivity index (χ0v) is 20.6. The first-order valence-corrected chi connectivity index (χ1v) is 12.0. The van der Waals surface area contributed by atoms with Crippen LogP contribution in [0.2, 0.25) is 0 Å². The van der Waals surface area contributed by atoms with Crippen LogP contribution in [-0.4, -0.2) is 31.5 Å². The largest absolute Gasteiger partial charge is 0.505 e. The standard InChI is InChI=1S/C29H24F2N2O6/c30-19-12-17-26(14-23(19)34)39-27-15-24(35)20(31)13-18(27)29(17)16-5-6-22(33)28(11-16)38-10-8-36-7-9-37-25-4-2-1-3-21(25)32/h1-6,11-15,34H,7-10,32-33H2. The summed E-state index contributed by atoms with van der Waals surface area (Å²) in [7, 11) is 0. The van der Waals surface area contributed by atoms with Crippen LogP contribution in [0.5, 0.6) is 17.2 Å². The Kier molecular flexibility index (Phi) is 7.20. The van der Waals surface area contributed by atoms with Crippen LogP contribution in [0.4, 0.5) is 20.2 Å². The molecule has 5 rings (SSSR count). The average molecular weight is 535 g/mol. The van der Waals surface area contributed by atoms with E-state index in [9.17, 15) is 18.7 Å². The second kappa shape index (κ2) is 10.9. The molecule has 0 saturated carbocycles. The van der Waals surface area contributed by atoms with E-state index in [0.29, 0.717) is 47.2 Å². The van der Waals surface area contributed by atoms with Gasteiger partial charge in [-0.25, -0.2) is 8.78 Å². The van der Waals surface area contributed by atoms with E-state index in [1.54, 1.807) is 30.3 Å². The predicted octanol–water partition coefficient (Wildman–Crippen LogP) is 5.19. The molecule has 39 heavy (non-hydrogen) atoms. The molecule has 200 valence electrons. The van der Waals surface area contributed by atoms with Crippen LogP contribution in [0.1, 0.15) is 0 Å². The maximum atomic E-state index is 14.4. The Morgan fingerprint density at radius 1 is 0.795 bits per heavy atom. The average Bonchev–Trinajstić information content (AvgIpc) is 2.91. The molecule has 1 aliphatic carbocycles.